The van der Waals surface area contributed by atoms with Gasteiger partial charge in [0.15, 0.2) is 0 Å². The average molecular weight is 257 g/mol. The van der Waals surface area contributed by atoms with Crippen LogP contribution in [0.15, 0.2) is 24.3 Å². The molecule has 0 aliphatic heterocycles. The van der Waals surface area contributed by atoms with Crippen molar-refractivity contribution >= 4 is 16.9 Å². The van der Waals surface area contributed by atoms with E-state index in [1.807, 2.05) is 24.3 Å². The Balaban J connectivity index is 1.67. The summed E-state index contributed by atoms with van der Waals surface area (Å²) in [6.07, 6.45) is 4.32. The molecule has 0 bridgehead atoms. The number of nitrogens with one attached hydrogen (secondary N) is 2. The lowest BCUT2D eigenvalue weighted by atomic mass is 9.88. The van der Waals surface area contributed by atoms with Crippen molar-refractivity contribution in [2.24, 2.45) is 5.41 Å². The van der Waals surface area contributed by atoms with Crippen molar-refractivity contribution in [3.8, 4) is 0 Å². The zero-order valence-corrected chi connectivity index (χ0v) is 11.2. The van der Waals surface area contributed by atoms with E-state index in [1.54, 1.807) is 0 Å². The Labute approximate surface area is 112 Å². The Bertz CT molecular complexity index is 563. The van der Waals surface area contributed by atoms with Crippen LogP contribution in [0.2, 0.25) is 0 Å². The number of amides is 1. The highest BCUT2D eigenvalue weighted by Crippen LogP contribution is 2.37. The van der Waals surface area contributed by atoms with Gasteiger partial charge in [-0.3, -0.25) is 4.79 Å². The predicted octanol–water partition coefficient (Wildman–Crippen LogP) is 2.76. The van der Waals surface area contributed by atoms with Gasteiger partial charge in [0.2, 0.25) is 5.91 Å². The van der Waals surface area contributed by atoms with Crippen LogP contribution in [-0.4, -0.2) is 15.9 Å². The molecule has 1 saturated carbocycles. The van der Waals surface area contributed by atoms with Gasteiger partial charge in [0.1, 0.15) is 5.82 Å². The summed E-state index contributed by atoms with van der Waals surface area (Å²) in [6, 6.07) is 7.90. The molecule has 2 N–H and O–H groups in total. The number of carbonyl (C=O) groups is 1. The van der Waals surface area contributed by atoms with E-state index in [-0.39, 0.29) is 11.3 Å². The molecule has 1 aliphatic carbocycles. The minimum atomic E-state index is -0.175. The van der Waals surface area contributed by atoms with Gasteiger partial charge in [-0.05, 0) is 25.0 Å². The quantitative estimate of drug-likeness (QED) is 0.888. The molecule has 2 aromatic rings. The number of hydrogen-bond acceptors (Lipinski definition) is 2. The second-order valence-electron chi connectivity index (χ2n) is 5.65. The van der Waals surface area contributed by atoms with Crippen LogP contribution in [0.3, 0.4) is 0 Å². The molecule has 3 rings (SSSR count). The molecule has 1 heterocycles. The highest BCUT2D eigenvalue weighted by Gasteiger charge is 2.35. The first-order chi connectivity index (χ1) is 9.17. The van der Waals surface area contributed by atoms with Gasteiger partial charge in [-0.15, -0.1) is 0 Å². The van der Waals surface area contributed by atoms with Crippen molar-refractivity contribution in [3.63, 3.8) is 0 Å². The molecule has 19 heavy (non-hydrogen) atoms. The Kier molecular flexibility index (Phi) is 3.01. The SMILES string of the molecule is CC1(C(=O)NCc2nc3ccccc3[nH]2)CCCC1. The molecule has 0 unspecified atom stereocenters. The number of imidazole rings is 1. The monoisotopic (exact) mass is 257 g/mol. The van der Waals surface area contributed by atoms with Crippen molar-refractivity contribution < 1.29 is 4.79 Å². The van der Waals surface area contributed by atoms with E-state index < -0.39 is 0 Å². The number of fused-ring (bicyclic) bond motifs is 1. The zero-order valence-electron chi connectivity index (χ0n) is 11.2. The van der Waals surface area contributed by atoms with Gasteiger partial charge >= 0.3 is 0 Å². The van der Waals surface area contributed by atoms with Gasteiger partial charge in [0, 0.05) is 5.41 Å². The largest absolute Gasteiger partial charge is 0.348 e. The van der Waals surface area contributed by atoms with E-state index >= 15 is 0 Å². The first kappa shape index (κ1) is 12.2. The summed E-state index contributed by atoms with van der Waals surface area (Å²) in [6.45, 7) is 2.54. The number of aromatic nitrogens is 2. The maximum absolute atomic E-state index is 12.2. The van der Waals surface area contributed by atoms with Crippen LogP contribution in [0.25, 0.3) is 11.0 Å². The summed E-state index contributed by atoms with van der Waals surface area (Å²) in [5.41, 5.74) is 1.78. The van der Waals surface area contributed by atoms with E-state index in [9.17, 15) is 4.79 Å². The van der Waals surface area contributed by atoms with Crippen molar-refractivity contribution in [1.29, 1.82) is 0 Å². The number of hydrogen-bond donors (Lipinski definition) is 2. The van der Waals surface area contributed by atoms with Gasteiger partial charge in [-0.1, -0.05) is 31.9 Å². The second kappa shape index (κ2) is 4.68. The number of aromatic amines is 1. The Hall–Kier alpha value is -1.84. The molecule has 1 amide bonds. The van der Waals surface area contributed by atoms with Crippen molar-refractivity contribution in [2.75, 3.05) is 0 Å². The van der Waals surface area contributed by atoms with Gasteiger partial charge in [-0.25, -0.2) is 4.98 Å². The summed E-state index contributed by atoms with van der Waals surface area (Å²) in [4.78, 5) is 19.9. The lowest BCUT2D eigenvalue weighted by Crippen LogP contribution is -2.36. The number of H-pyrrole nitrogens is 1. The Morgan fingerprint density at radius 3 is 2.84 bits per heavy atom. The molecule has 1 aromatic carbocycles. The standard InChI is InChI=1S/C15H19N3O/c1-15(8-4-5-9-15)14(19)16-10-13-17-11-6-2-3-7-12(11)18-13/h2-3,6-7H,4-5,8-10H2,1H3,(H,16,19)(H,17,18). The highest BCUT2D eigenvalue weighted by atomic mass is 16.2. The second-order valence-corrected chi connectivity index (χ2v) is 5.65. The lowest BCUT2D eigenvalue weighted by molar-refractivity contribution is -0.130. The van der Waals surface area contributed by atoms with Gasteiger partial charge in [0.05, 0.1) is 17.6 Å². The fraction of sp³-hybridized carbons (Fsp3) is 0.467. The smallest absolute Gasteiger partial charge is 0.226 e. The summed E-state index contributed by atoms with van der Waals surface area (Å²) in [7, 11) is 0. The van der Waals surface area contributed by atoms with Crippen molar-refractivity contribution in [3.05, 3.63) is 30.1 Å². The molecule has 1 fully saturated rings. The maximum atomic E-state index is 12.2. The topological polar surface area (TPSA) is 57.8 Å². The summed E-state index contributed by atoms with van der Waals surface area (Å²) < 4.78 is 0. The van der Waals surface area contributed by atoms with Crippen LogP contribution in [0.1, 0.15) is 38.4 Å². The highest BCUT2D eigenvalue weighted by molar-refractivity contribution is 5.82. The molecule has 1 aromatic heterocycles. The minimum absolute atomic E-state index is 0.158. The van der Waals surface area contributed by atoms with Crippen LogP contribution in [0.5, 0.6) is 0 Å². The molecular weight excluding hydrogens is 238 g/mol. The molecule has 0 radical (unpaired) electrons. The summed E-state index contributed by atoms with van der Waals surface area (Å²) >= 11 is 0. The number of nitrogens with zero attached hydrogens (tertiary/aromatic N) is 1. The first-order valence-corrected chi connectivity index (χ1v) is 6.89. The normalized spacial score (nSPS) is 17.7. The maximum Gasteiger partial charge on any atom is 0.226 e. The van der Waals surface area contributed by atoms with Crippen molar-refractivity contribution in [1.82, 2.24) is 15.3 Å². The number of para-hydroxylation sites is 2. The van der Waals surface area contributed by atoms with Gasteiger partial charge in [-0.2, -0.15) is 0 Å². The molecule has 4 nitrogen and oxygen atoms in total. The van der Waals surface area contributed by atoms with E-state index in [2.05, 4.69) is 22.2 Å². The zero-order chi connectivity index (χ0) is 13.3. The molecule has 0 atom stereocenters. The fourth-order valence-electron chi connectivity index (χ4n) is 2.85. The van der Waals surface area contributed by atoms with Crippen LogP contribution in [0.4, 0.5) is 0 Å². The Morgan fingerprint density at radius 1 is 1.37 bits per heavy atom. The van der Waals surface area contributed by atoms with Crippen LogP contribution >= 0.6 is 0 Å². The van der Waals surface area contributed by atoms with E-state index in [0.29, 0.717) is 6.54 Å². The molecule has 100 valence electrons. The van der Waals surface area contributed by atoms with E-state index in [1.165, 1.54) is 0 Å². The third-order valence-corrected chi connectivity index (χ3v) is 4.11. The number of rotatable bonds is 3. The third kappa shape index (κ3) is 2.35. The molecular formula is C15H19N3O. The average Bonchev–Trinajstić information content (AvgIpc) is 3.02. The van der Waals surface area contributed by atoms with Crippen LogP contribution < -0.4 is 5.32 Å². The lowest BCUT2D eigenvalue weighted by Gasteiger charge is -2.21. The molecule has 4 heteroatoms. The van der Waals surface area contributed by atoms with E-state index in [0.717, 1.165) is 42.5 Å². The predicted molar refractivity (Wildman–Crippen MR) is 74.5 cm³/mol. The van der Waals surface area contributed by atoms with Crippen LogP contribution in [-0.2, 0) is 11.3 Å². The molecule has 0 saturated heterocycles. The summed E-state index contributed by atoms with van der Waals surface area (Å²) in [5, 5.41) is 3.01. The summed E-state index contributed by atoms with van der Waals surface area (Å²) in [5.74, 6) is 0.974. The molecule has 0 spiro atoms. The minimum Gasteiger partial charge on any atom is -0.348 e. The molecule has 1 aliphatic rings. The van der Waals surface area contributed by atoms with E-state index in [4.69, 9.17) is 0 Å². The number of carbonyl (C=O) groups excluding carboxylic acids is 1. The first-order valence-electron chi connectivity index (χ1n) is 6.89. The van der Waals surface area contributed by atoms with Gasteiger partial charge in [0.25, 0.3) is 0 Å². The number of benzene rings is 1. The fourth-order valence-corrected chi connectivity index (χ4v) is 2.85. The van der Waals surface area contributed by atoms with Crippen LogP contribution in [0, 0.1) is 5.41 Å². The van der Waals surface area contributed by atoms with Crippen molar-refractivity contribution in [2.45, 2.75) is 39.2 Å². The third-order valence-electron chi connectivity index (χ3n) is 4.11. The Morgan fingerprint density at radius 2 is 2.11 bits per heavy atom. The van der Waals surface area contributed by atoms with Gasteiger partial charge < -0.3 is 10.3 Å².